The quantitative estimate of drug-likeness (QED) is 0.674. The summed E-state index contributed by atoms with van der Waals surface area (Å²) in [4.78, 5) is 17.4. The normalized spacial score (nSPS) is 15.6. The zero-order valence-corrected chi connectivity index (χ0v) is 17.1. The zero-order chi connectivity index (χ0) is 20.9. The van der Waals surface area contributed by atoms with E-state index < -0.39 is 0 Å². The number of piperazine rings is 1. The van der Waals surface area contributed by atoms with Crippen molar-refractivity contribution in [3.63, 3.8) is 0 Å². The highest BCUT2D eigenvalue weighted by Gasteiger charge is 2.26. The van der Waals surface area contributed by atoms with Gasteiger partial charge in [-0.1, -0.05) is 48.5 Å². The van der Waals surface area contributed by atoms with Crippen molar-refractivity contribution in [3.05, 3.63) is 84.7 Å². The van der Waals surface area contributed by atoms with Gasteiger partial charge in [-0.15, -0.1) is 0 Å². The third-order valence-corrected chi connectivity index (χ3v) is 5.70. The summed E-state index contributed by atoms with van der Waals surface area (Å²) in [5.74, 6) is -0.230. The average molecular weight is 404 g/mol. The van der Waals surface area contributed by atoms with E-state index in [4.69, 9.17) is 0 Å². The number of amides is 1. The van der Waals surface area contributed by atoms with E-state index in [9.17, 15) is 9.18 Å². The smallest absolute Gasteiger partial charge is 0.241 e. The lowest BCUT2D eigenvalue weighted by Crippen LogP contribution is -2.52. The molecular weight excluding hydrogens is 377 g/mol. The largest absolute Gasteiger partial charge is 0.369 e. The van der Waals surface area contributed by atoms with Crippen molar-refractivity contribution in [2.45, 2.75) is 13.0 Å². The Kier molecular flexibility index (Phi) is 6.10. The molecule has 3 aromatic rings. The van der Waals surface area contributed by atoms with Gasteiger partial charge in [-0.3, -0.25) is 9.69 Å². The van der Waals surface area contributed by atoms with Gasteiger partial charge < -0.3 is 10.2 Å². The molecule has 5 heteroatoms. The number of nitrogens with zero attached hydrogens (tertiary/aromatic N) is 2. The summed E-state index contributed by atoms with van der Waals surface area (Å²) in [6.45, 7) is 5.14. The standard InChI is InChI=1S/C25H26FN3O/c1-19(28-15-17-29(18-16-28)22-13-11-21(26)12-14-22)25(30)27-24-10-6-5-9-23(24)20-7-3-2-4-8-20/h2-14,19H,15-18H2,1H3,(H,27,30)/t19-/m0/s1. The van der Waals surface area contributed by atoms with Gasteiger partial charge in [0.2, 0.25) is 5.91 Å². The van der Waals surface area contributed by atoms with Crippen LogP contribution in [0.15, 0.2) is 78.9 Å². The van der Waals surface area contributed by atoms with Crippen molar-refractivity contribution in [1.82, 2.24) is 4.90 Å². The Labute approximate surface area is 176 Å². The van der Waals surface area contributed by atoms with Gasteiger partial charge in [-0.2, -0.15) is 0 Å². The summed E-state index contributed by atoms with van der Waals surface area (Å²) in [5.41, 5.74) is 3.93. The molecule has 1 N–H and O–H groups in total. The minimum absolute atomic E-state index is 0.00591. The number of benzene rings is 3. The number of carbonyl (C=O) groups is 1. The van der Waals surface area contributed by atoms with Crippen molar-refractivity contribution in [1.29, 1.82) is 0 Å². The maximum absolute atomic E-state index is 13.2. The third kappa shape index (κ3) is 4.52. The molecule has 1 heterocycles. The van der Waals surface area contributed by atoms with E-state index in [0.717, 1.165) is 48.7 Å². The van der Waals surface area contributed by atoms with E-state index in [0.29, 0.717) is 0 Å². The maximum atomic E-state index is 13.2. The molecule has 0 radical (unpaired) electrons. The molecule has 0 spiro atoms. The SMILES string of the molecule is C[C@@H](C(=O)Nc1ccccc1-c1ccccc1)N1CCN(c2ccc(F)cc2)CC1. The molecule has 0 bridgehead atoms. The first-order chi connectivity index (χ1) is 14.6. The van der Waals surface area contributed by atoms with E-state index in [1.807, 2.05) is 73.7 Å². The molecular formula is C25H26FN3O. The molecule has 3 aromatic carbocycles. The molecule has 0 aliphatic carbocycles. The van der Waals surface area contributed by atoms with Crippen molar-refractivity contribution in [3.8, 4) is 11.1 Å². The van der Waals surface area contributed by atoms with Gasteiger partial charge in [0.05, 0.1) is 6.04 Å². The number of hydrogen-bond donors (Lipinski definition) is 1. The highest BCUT2D eigenvalue weighted by atomic mass is 19.1. The second kappa shape index (κ2) is 9.09. The van der Waals surface area contributed by atoms with Crippen LogP contribution in [0.3, 0.4) is 0 Å². The van der Waals surface area contributed by atoms with Crippen molar-refractivity contribution < 1.29 is 9.18 Å². The van der Waals surface area contributed by atoms with Crippen molar-refractivity contribution >= 4 is 17.3 Å². The number of carbonyl (C=O) groups excluding carboxylic acids is 1. The molecule has 1 atom stereocenters. The van der Waals surface area contributed by atoms with Gasteiger partial charge in [0, 0.05) is 43.1 Å². The molecule has 0 aromatic heterocycles. The van der Waals surface area contributed by atoms with Crippen LogP contribution in [0.2, 0.25) is 0 Å². The van der Waals surface area contributed by atoms with Crippen LogP contribution < -0.4 is 10.2 Å². The predicted molar refractivity (Wildman–Crippen MR) is 120 cm³/mol. The van der Waals surface area contributed by atoms with Crippen LogP contribution in [0.4, 0.5) is 15.8 Å². The monoisotopic (exact) mass is 403 g/mol. The second-order valence-corrected chi connectivity index (χ2v) is 7.58. The highest BCUT2D eigenvalue weighted by molar-refractivity contribution is 5.98. The first kappa shape index (κ1) is 20.1. The Morgan fingerprint density at radius 2 is 1.50 bits per heavy atom. The number of hydrogen-bond acceptors (Lipinski definition) is 3. The lowest BCUT2D eigenvalue weighted by Gasteiger charge is -2.38. The lowest BCUT2D eigenvalue weighted by molar-refractivity contribution is -0.120. The van der Waals surface area contributed by atoms with Gasteiger partial charge in [-0.05, 0) is 42.8 Å². The minimum Gasteiger partial charge on any atom is -0.369 e. The lowest BCUT2D eigenvalue weighted by atomic mass is 10.0. The first-order valence-electron chi connectivity index (χ1n) is 10.3. The second-order valence-electron chi connectivity index (χ2n) is 7.58. The summed E-state index contributed by atoms with van der Waals surface area (Å²) >= 11 is 0. The van der Waals surface area contributed by atoms with E-state index in [1.165, 1.54) is 12.1 Å². The Bertz CT molecular complexity index is 983. The molecule has 1 saturated heterocycles. The van der Waals surface area contributed by atoms with Gasteiger partial charge in [0.25, 0.3) is 0 Å². The van der Waals surface area contributed by atoms with Gasteiger partial charge >= 0.3 is 0 Å². The van der Waals surface area contributed by atoms with Crippen LogP contribution in [0, 0.1) is 5.82 Å². The van der Waals surface area contributed by atoms with Crippen molar-refractivity contribution in [2.75, 3.05) is 36.4 Å². The molecule has 4 nitrogen and oxygen atoms in total. The summed E-state index contributed by atoms with van der Waals surface area (Å²) in [6.07, 6.45) is 0. The fourth-order valence-corrected chi connectivity index (χ4v) is 3.88. The molecule has 1 fully saturated rings. The topological polar surface area (TPSA) is 35.6 Å². The van der Waals surface area contributed by atoms with E-state index in [2.05, 4.69) is 15.1 Å². The minimum atomic E-state index is -0.232. The van der Waals surface area contributed by atoms with E-state index in [-0.39, 0.29) is 17.8 Å². The van der Waals surface area contributed by atoms with Crippen LogP contribution in [0.5, 0.6) is 0 Å². The first-order valence-corrected chi connectivity index (χ1v) is 10.3. The highest BCUT2D eigenvalue weighted by Crippen LogP contribution is 2.28. The van der Waals surface area contributed by atoms with Gasteiger partial charge in [0.15, 0.2) is 0 Å². The number of anilines is 2. The van der Waals surface area contributed by atoms with Crippen LogP contribution in [-0.2, 0) is 4.79 Å². The van der Waals surface area contributed by atoms with Crippen molar-refractivity contribution in [2.24, 2.45) is 0 Å². The summed E-state index contributed by atoms with van der Waals surface area (Å²) in [7, 11) is 0. The molecule has 0 saturated carbocycles. The summed E-state index contributed by atoms with van der Waals surface area (Å²) in [6, 6.07) is 24.3. The van der Waals surface area contributed by atoms with Crippen LogP contribution >= 0.6 is 0 Å². The van der Waals surface area contributed by atoms with Crippen LogP contribution in [0.25, 0.3) is 11.1 Å². The Balaban J connectivity index is 1.39. The Morgan fingerprint density at radius 3 is 2.20 bits per heavy atom. The van der Waals surface area contributed by atoms with Gasteiger partial charge in [0.1, 0.15) is 5.82 Å². The van der Waals surface area contributed by atoms with Gasteiger partial charge in [-0.25, -0.2) is 4.39 Å². The van der Waals surface area contributed by atoms with Crippen LogP contribution in [-0.4, -0.2) is 43.0 Å². The molecule has 1 aliphatic heterocycles. The Morgan fingerprint density at radius 1 is 0.867 bits per heavy atom. The molecule has 4 rings (SSSR count). The number of para-hydroxylation sites is 1. The molecule has 154 valence electrons. The van der Waals surface area contributed by atoms with Crippen LogP contribution in [0.1, 0.15) is 6.92 Å². The molecule has 1 aliphatic rings. The zero-order valence-electron chi connectivity index (χ0n) is 17.1. The summed E-state index contributed by atoms with van der Waals surface area (Å²) < 4.78 is 13.2. The average Bonchev–Trinajstić information content (AvgIpc) is 2.80. The third-order valence-electron chi connectivity index (χ3n) is 5.70. The molecule has 0 unspecified atom stereocenters. The van der Waals surface area contributed by atoms with E-state index in [1.54, 1.807) is 0 Å². The fourth-order valence-electron chi connectivity index (χ4n) is 3.88. The molecule has 30 heavy (non-hydrogen) atoms. The predicted octanol–water partition coefficient (Wildman–Crippen LogP) is 4.64. The Hall–Kier alpha value is -3.18. The maximum Gasteiger partial charge on any atom is 0.241 e. The van der Waals surface area contributed by atoms with E-state index >= 15 is 0 Å². The number of nitrogens with one attached hydrogen (secondary N) is 1. The fraction of sp³-hybridized carbons (Fsp3) is 0.240. The molecule has 1 amide bonds. The number of halogens is 1. The summed E-state index contributed by atoms with van der Waals surface area (Å²) in [5, 5.41) is 3.12. The number of rotatable bonds is 5.